The molecule has 2 aliphatic rings. The number of carbonyl (C=O) groups is 1. The van der Waals surface area contributed by atoms with Crippen LogP contribution in [0.3, 0.4) is 0 Å². The third-order valence-electron chi connectivity index (χ3n) is 5.28. The molecule has 126 valence electrons. The van der Waals surface area contributed by atoms with Gasteiger partial charge in [0, 0.05) is 24.7 Å². The molecule has 1 aromatic rings. The molecule has 23 heavy (non-hydrogen) atoms. The molecule has 2 saturated heterocycles. The Labute approximate surface area is 138 Å². The fourth-order valence-electron chi connectivity index (χ4n) is 3.93. The summed E-state index contributed by atoms with van der Waals surface area (Å²) in [6.45, 7) is 6.16. The van der Waals surface area contributed by atoms with Crippen molar-refractivity contribution in [1.29, 1.82) is 0 Å². The highest BCUT2D eigenvalue weighted by Gasteiger charge is 2.28. The second-order valence-electron chi connectivity index (χ2n) is 6.94. The summed E-state index contributed by atoms with van der Waals surface area (Å²) in [4.78, 5) is 17.5. The molecule has 0 aliphatic carbocycles. The van der Waals surface area contributed by atoms with Gasteiger partial charge in [0.15, 0.2) is 0 Å². The highest BCUT2D eigenvalue weighted by molar-refractivity contribution is 5.95. The Morgan fingerprint density at radius 1 is 1.17 bits per heavy atom. The molecule has 3 rings (SSSR count). The van der Waals surface area contributed by atoms with Crippen molar-refractivity contribution in [1.82, 2.24) is 9.80 Å². The molecule has 0 unspecified atom stereocenters. The van der Waals surface area contributed by atoms with Crippen molar-refractivity contribution in [3.63, 3.8) is 0 Å². The minimum Gasteiger partial charge on any atom is -0.336 e. The predicted molar refractivity (Wildman–Crippen MR) is 90.1 cm³/mol. The molecule has 0 aromatic heterocycles. The van der Waals surface area contributed by atoms with Gasteiger partial charge in [0.1, 0.15) is 5.82 Å². The van der Waals surface area contributed by atoms with Crippen LogP contribution in [0.5, 0.6) is 0 Å². The fraction of sp³-hybridized carbons (Fsp3) is 0.632. The van der Waals surface area contributed by atoms with E-state index in [2.05, 4.69) is 4.90 Å². The van der Waals surface area contributed by atoms with E-state index in [1.165, 1.54) is 44.5 Å². The van der Waals surface area contributed by atoms with Crippen molar-refractivity contribution in [2.75, 3.05) is 26.2 Å². The third kappa shape index (κ3) is 3.92. The normalized spacial score (nSPS) is 22.5. The van der Waals surface area contributed by atoms with E-state index in [1.807, 2.05) is 11.8 Å². The molecular formula is C19H27FN2O. The van der Waals surface area contributed by atoms with Crippen LogP contribution in [0.25, 0.3) is 0 Å². The van der Waals surface area contributed by atoms with Crippen LogP contribution in [0.1, 0.15) is 54.4 Å². The molecule has 3 nitrogen and oxygen atoms in total. The molecule has 2 aliphatic heterocycles. The maximum atomic E-state index is 13.3. The maximum Gasteiger partial charge on any atom is 0.254 e. The summed E-state index contributed by atoms with van der Waals surface area (Å²) in [5.74, 6) is -0.197. The van der Waals surface area contributed by atoms with E-state index in [9.17, 15) is 9.18 Å². The molecule has 0 saturated carbocycles. The summed E-state index contributed by atoms with van der Waals surface area (Å²) < 4.78 is 13.3. The number of likely N-dealkylation sites (tertiary alicyclic amines) is 2. The average molecular weight is 318 g/mol. The maximum absolute atomic E-state index is 13.3. The quantitative estimate of drug-likeness (QED) is 0.846. The number of aryl methyl sites for hydroxylation is 1. The van der Waals surface area contributed by atoms with Crippen molar-refractivity contribution in [3.8, 4) is 0 Å². The number of carbonyl (C=O) groups excluding carboxylic acids is 1. The van der Waals surface area contributed by atoms with Crippen LogP contribution in [0.15, 0.2) is 18.2 Å². The third-order valence-corrected chi connectivity index (χ3v) is 5.28. The van der Waals surface area contributed by atoms with Gasteiger partial charge in [0.25, 0.3) is 5.91 Å². The van der Waals surface area contributed by atoms with Gasteiger partial charge in [-0.15, -0.1) is 0 Å². The molecular weight excluding hydrogens is 291 g/mol. The lowest BCUT2D eigenvalue weighted by Gasteiger charge is -2.37. The Balaban J connectivity index is 1.68. The first-order valence-electron chi connectivity index (χ1n) is 8.94. The van der Waals surface area contributed by atoms with Gasteiger partial charge in [0.05, 0.1) is 0 Å². The Kier molecular flexibility index (Phi) is 5.31. The minimum absolute atomic E-state index is 0.0774. The van der Waals surface area contributed by atoms with Crippen molar-refractivity contribution < 1.29 is 9.18 Å². The molecule has 4 heteroatoms. The molecule has 0 N–H and O–H groups in total. The molecule has 1 amide bonds. The van der Waals surface area contributed by atoms with Crippen molar-refractivity contribution >= 4 is 5.91 Å². The summed E-state index contributed by atoms with van der Waals surface area (Å²) >= 11 is 0. The molecule has 1 aromatic carbocycles. The van der Waals surface area contributed by atoms with Crippen LogP contribution in [0.2, 0.25) is 0 Å². The standard InChI is InChI=1S/C19H27FN2O/c1-15-14-16(20)7-8-18(15)19(23)22-12-3-2-6-17(22)9-13-21-10-4-5-11-21/h7-8,14,17H,2-6,9-13H2,1H3/t17-/m0/s1. The SMILES string of the molecule is Cc1cc(F)ccc1C(=O)N1CCCC[C@H]1CCN1CCCC1. The lowest BCUT2D eigenvalue weighted by molar-refractivity contribution is 0.0587. The van der Waals surface area contributed by atoms with Gasteiger partial charge in [-0.3, -0.25) is 4.79 Å². The largest absolute Gasteiger partial charge is 0.336 e. The van der Waals surface area contributed by atoms with Crippen LogP contribution < -0.4 is 0 Å². The molecule has 2 heterocycles. The minimum atomic E-state index is -0.275. The number of benzene rings is 1. The summed E-state index contributed by atoms with van der Waals surface area (Å²) in [6, 6.07) is 4.82. The van der Waals surface area contributed by atoms with Gasteiger partial charge in [-0.05, 0) is 82.3 Å². The van der Waals surface area contributed by atoms with Gasteiger partial charge in [-0.25, -0.2) is 4.39 Å². The first kappa shape index (κ1) is 16.4. The van der Waals surface area contributed by atoms with Crippen LogP contribution >= 0.6 is 0 Å². The number of hydrogen-bond acceptors (Lipinski definition) is 2. The second kappa shape index (κ2) is 7.43. The zero-order chi connectivity index (χ0) is 16.2. The zero-order valence-corrected chi connectivity index (χ0v) is 14.1. The number of rotatable bonds is 4. The average Bonchev–Trinajstić information content (AvgIpc) is 3.06. The van der Waals surface area contributed by atoms with Crippen molar-refractivity contribution in [2.24, 2.45) is 0 Å². The van der Waals surface area contributed by atoms with E-state index in [0.29, 0.717) is 11.6 Å². The van der Waals surface area contributed by atoms with Crippen LogP contribution in [0, 0.1) is 12.7 Å². The molecule has 0 radical (unpaired) electrons. The summed E-state index contributed by atoms with van der Waals surface area (Å²) in [7, 11) is 0. The smallest absolute Gasteiger partial charge is 0.254 e. The Morgan fingerprint density at radius 3 is 2.65 bits per heavy atom. The van der Waals surface area contributed by atoms with Crippen LogP contribution in [-0.4, -0.2) is 47.9 Å². The fourth-order valence-corrected chi connectivity index (χ4v) is 3.93. The highest BCUT2D eigenvalue weighted by atomic mass is 19.1. The number of hydrogen-bond donors (Lipinski definition) is 0. The van der Waals surface area contributed by atoms with Crippen LogP contribution in [-0.2, 0) is 0 Å². The van der Waals surface area contributed by atoms with E-state index >= 15 is 0 Å². The van der Waals surface area contributed by atoms with E-state index in [4.69, 9.17) is 0 Å². The number of piperidine rings is 1. The molecule has 0 bridgehead atoms. The van der Waals surface area contributed by atoms with Gasteiger partial charge in [-0.2, -0.15) is 0 Å². The monoisotopic (exact) mass is 318 g/mol. The second-order valence-corrected chi connectivity index (χ2v) is 6.94. The topological polar surface area (TPSA) is 23.6 Å². The van der Waals surface area contributed by atoms with E-state index in [-0.39, 0.29) is 11.7 Å². The summed E-state index contributed by atoms with van der Waals surface area (Å²) in [5, 5.41) is 0. The first-order chi connectivity index (χ1) is 11.1. The summed E-state index contributed by atoms with van der Waals surface area (Å²) in [5.41, 5.74) is 1.39. The lowest BCUT2D eigenvalue weighted by atomic mass is 9.97. The van der Waals surface area contributed by atoms with E-state index < -0.39 is 0 Å². The van der Waals surface area contributed by atoms with Crippen LogP contribution in [0.4, 0.5) is 4.39 Å². The molecule has 1 atom stereocenters. The highest BCUT2D eigenvalue weighted by Crippen LogP contribution is 2.24. The Hall–Kier alpha value is -1.42. The van der Waals surface area contributed by atoms with Gasteiger partial charge < -0.3 is 9.80 Å². The van der Waals surface area contributed by atoms with Gasteiger partial charge in [-0.1, -0.05) is 0 Å². The van der Waals surface area contributed by atoms with Gasteiger partial charge >= 0.3 is 0 Å². The Bertz CT molecular complexity index is 554. The van der Waals surface area contributed by atoms with E-state index in [0.717, 1.165) is 37.9 Å². The van der Waals surface area contributed by atoms with Gasteiger partial charge in [0.2, 0.25) is 0 Å². The van der Waals surface area contributed by atoms with E-state index in [1.54, 1.807) is 6.07 Å². The Morgan fingerprint density at radius 2 is 1.91 bits per heavy atom. The predicted octanol–water partition coefficient (Wildman–Crippen LogP) is 3.61. The van der Waals surface area contributed by atoms with Crippen molar-refractivity contribution in [2.45, 2.75) is 51.5 Å². The summed E-state index contributed by atoms with van der Waals surface area (Å²) in [6.07, 6.45) is 7.05. The molecule has 2 fully saturated rings. The zero-order valence-electron chi connectivity index (χ0n) is 14.1. The lowest BCUT2D eigenvalue weighted by Crippen LogP contribution is -2.45. The first-order valence-corrected chi connectivity index (χ1v) is 8.94. The van der Waals surface area contributed by atoms with Crippen molar-refractivity contribution in [3.05, 3.63) is 35.1 Å². The number of halogens is 1. The number of nitrogens with zero attached hydrogens (tertiary/aromatic N) is 2. The number of amides is 1. The molecule has 0 spiro atoms.